The fourth-order valence-corrected chi connectivity index (χ4v) is 0.334. The first kappa shape index (κ1) is 8.64. The molecule has 0 aromatic heterocycles. The van der Waals surface area contributed by atoms with Crippen LogP contribution in [0.5, 0.6) is 0 Å². The van der Waals surface area contributed by atoms with Gasteiger partial charge in [0.05, 0.1) is 0 Å². The number of nitrogens with two attached hydrogens (primary N) is 1. The molecule has 5 heteroatoms. The third kappa shape index (κ3) is 4.17. The first-order valence-corrected chi connectivity index (χ1v) is 2.64. The van der Waals surface area contributed by atoms with Crippen molar-refractivity contribution < 1.29 is 14.7 Å². The van der Waals surface area contributed by atoms with Gasteiger partial charge in [-0.2, -0.15) is 5.98 Å². The maximum Gasteiger partial charge on any atom is 0.397 e. The molecule has 0 aliphatic rings. The van der Waals surface area contributed by atoms with Crippen LogP contribution in [0.3, 0.4) is 0 Å². The van der Waals surface area contributed by atoms with Crippen LogP contribution < -0.4 is 5.73 Å². The molecule has 0 rings (SSSR count). The van der Waals surface area contributed by atoms with Gasteiger partial charge in [-0.1, -0.05) is 0 Å². The summed E-state index contributed by atoms with van der Waals surface area (Å²) in [5.41, 5.74) is 5.04. The molecule has 0 saturated carbocycles. The van der Waals surface area contributed by atoms with Gasteiger partial charge in [0.25, 0.3) is 0 Å². The van der Waals surface area contributed by atoms with Gasteiger partial charge in [-0.05, 0) is 7.11 Å². The molecule has 0 heterocycles. The Labute approximate surface area is 53.9 Å². The summed E-state index contributed by atoms with van der Waals surface area (Å²) >= 11 is 0. The van der Waals surface area contributed by atoms with E-state index in [1.165, 1.54) is 13.2 Å². The van der Waals surface area contributed by atoms with Crippen molar-refractivity contribution in [3.63, 3.8) is 0 Å². The van der Waals surface area contributed by atoms with Crippen LogP contribution >= 0.6 is 0 Å². The fraction of sp³-hybridized carbons (Fsp3) is 0.500. The highest BCUT2D eigenvalue weighted by Gasteiger charge is 2.12. The minimum atomic E-state index is -2.75. The SMILES string of the molecule is CO[B-](O)(O)/C=C/CN. The van der Waals surface area contributed by atoms with E-state index in [1.54, 1.807) is 0 Å². The Morgan fingerprint density at radius 2 is 2.22 bits per heavy atom. The van der Waals surface area contributed by atoms with Crippen LogP contribution in [-0.4, -0.2) is 30.5 Å². The highest BCUT2D eigenvalue weighted by molar-refractivity contribution is 6.63. The molecule has 9 heavy (non-hydrogen) atoms. The second-order valence-corrected chi connectivity index (χ2v) is 1.66. The van der Waals surface area contributed by atoms with E-state index in [9.17, 15) is 0 Å². The van der Waals surface area contributed by atoms with E-state index in [1.807, 2.05) is 0 Å². The Morgan fingerprint density at radius 3 is 2.56 bits per heavy atom. The lowest BCUT2D eigenvalue weighted by Crippen LogP contribution is -2.35. The summed E-state index contributed by atoms with van der Waals surface area (Å²) in [5.74, 6) is 1.12. The van der Waals surface area contributed by atoms with Crippen LogP contribution in [-0.2, 0) is 4.65 Å². The van der Waals surface area contributed by atoms with Crippen molar-refractivity contribution in [3.05, 3.63) is 12.1 Å². The normalized spacial score (nSPS) is 12.9. The van der Waals surface area contributed by atoms with Crippen molar-refractivity contribution in [2.24, 2.45) is 5.73 Å². The summed E-state index contributed by atoms with van der Waals surface area (Å²) < 4.78 is 4.27. The first-order chi connectivity index (χ1) is 4.12. The van der Waals surface area contributed by atoms with Gasteiger partial charge in [0.2, 0.25) is 0 Å². The smallest absolute Gasteiger partial charge is 0.397 e. The topological polar surface area (TPSA) is 75.7 Å². The van der Waals surface area contributed by atoms with Crippen LogP contribution in [0.15, 0.2) is 12.1 Å². The molecule has 0 aliphatic carbocycles. The molecule has 0 atom stereocenters. The van der Waals surface area contributed by atoms with Crippen molar-refractivity contribution >= 4 is 6.75 Å². The zero-order valence-corrected chi connectivity index (χ0v) is 5.32. The minimum Gasteiger partial charge on any atom is -0.556 e. The number of hydrogen-bond acceptors (Lipinski definition) is 4. The van der Waals surface area contributed by atoms with E-state index in [4.69, 9.17) is 15.8 Å². The standard InChI is InChI=1S/C4H11BNO3/c1-9-5(7,8)3-2-4-6/h2-3,7-8H,4,6H2,1H3/q-1/b3-2+. The van der Waals surface area contributed by atoms with Gasteiger partial charge in [0, 0.05) is 6.54 Å². The molecular weight excluding hydrogens is 121 g/mol. The van der Waals surface area contributed by atoms with E-state index in [-0.39, 0.29) is 6.54 Å². The Morgan fingerprint density at radius 1 is 1.67 bits per heavy atom. The zero-order valence-electron chi connectivity index (χ0n) is 5.32. The van der Waals surface area contributed by atoms with Gasteiger partial charge >= 0.3 is 6.75 Å². The van der Waals surface area contributed by atoms with E-state index < -0.39 is 6.75 Å². The molecule has 0 aromatic rings. The third-order valence-electron chi connectivity index (χ3n) is 0.870. The molecule has 0 radical (unpaired) electrons. The maximum absolute atomic E-state index is 8.71. The number of rotatable bonds is 3. The van der Waals surface area contributed by atoms with E-state index >= 15 is 0 Å². The average Bonchev–Trinajstić information content (AvgIpc) is 1.84. The second kappa shape index (κ2) is 3.63. The van der Waals surface area contributed by atoms with E-state index in [2.05, 4.69) is 4.65 Å². The van der Waals surface area contributed by atoms with Crippen molar-refractivity contribution in [2.45, 2.75) is 0 Å². The lowest BCUT2D eigenvalue weighted by Gasteiger charge is -2.21. The minimum absolute atomic E-state index is 0.272. The summed E-state index contributed by atoms with van der Waals surface area (Å²) in [6.07, 6.45) is 1.42. The number of hydrogen-bond donors (Lipinski definition) is 3. The quantitative estimate of drug-likeness (QED) is 0.413. The largest absolute Gasteiger partial charge is 0.556 e. The van der Waals surface area contributed by atoms with Gasteiger partial charge in [-0.15, -0.1) is 6.08 Å². The Balaban J connectivity index is 3.70. The van der Waals surface area contributed by atoms with E-state index in [0.29, 0.717) is 0 Å². The summed E-state index contributed by atoms with van der Waals surface area (Å²) in [5, 5.41) is 17.4. The molecule has 0 saturated heterocycles. The van der Waals surface area contributed by atoms with Crippen molar-refractivity contribution in [1.82, 2.24) is 0 Å². The molecule has 0 aliphatic heterocycles. The van der Waals surface area contributed by atoms with Crippen LogP contribution in [0.25, 0.3) is 0 Å². The molecule has 0 spiro atoms. The lowest BCUT2D eigenvalue weighted by atomic mass is 9.80. The summed E-state index contributed by atoms with van der Waals surface area (Å²) in [6, 6.07) is 0. The monoisotopic (exact) mass is 132 g/mol. The molecule has 0 aromatic carbocycles. The molecule has 0 amide bonds. The molecule has 0 bridgehead atoms. The molecule has 0 unspecified atom stereocenters. The lowest BCUT2D eigenvalue weighted by molar-refractivity contribution is 0.202. The maximum atomic E-state index is 8.71. The van der Waals surface area contributed by atoms with Crippen LogP contribution in [0.4, 0.5) is 0 Å². The van der Waals surface area contributed by atoms with Gasteiger partial charge in [0.1, 0.15) is 0 Å². The van der Waals surface area contributed by atoms with Gasteiger partial charge < -0.3 is 20.4 Å². The molecular formula is C4H11BNO3-. The summed E-state index contributed by atoms with van der Waals surface area (Å²) in [6.45, 7) is -2.48. The van der Waals surface area contributed by atoms with Gasteiger partial charge in [-0.3, -0.25) is 0 Å². The van der Waals surface area contributed by atoms with Crippen LogP contribution in [0, 0.1) is 0 Å². The predicted molar refractivity (Wildman–Crippen MR) is 35.4 cm³/mol. The summed E-state index contributed by atoms with van der Waals surface area (Å²) in [7, 11) is 1.21. The van der Waals surface area contributed by atoms with Crippen molar-refractivity contribution in [3.8, 4) is 0 Å². The van der Waals surface area contributed by atoms with Crippen molar-refractivity contribution in [1.29, 1.82) is 0 Å². The van der Waals surface area contributed by atoms with Gasteiger partial charge in [-0.25, -0.2) is 0 Å². The second-order valence-electron chi connectivity index (χ2n) is 1.66. The highest BCUT2D eigenvalue weighted by atomic mass is 16.6. The summed E-state index contributed by atoms with van der Waals surface area (Å²) in [4.78, 5) is 0. The molecule has 54 valence electrons. The highest BCUT2D eigenvalue weighted by Crippen LogP contribution is 1.93. The zero-order chi connectivity index (χ0) is 7.33. The Hall–Kier alpha value is -0.355. The molecule has 4 N–H and O–H groups in total. The van der Waals surface area contributed by atoms with E-state index in [0.717, 1.165) is 5.98 Å². The van der Waals surface area contributed by atoms with Crippen LogP contribution in [0.2, 0.25) is 0 Å². The molecule has 0 fully saturated rings. The molecule has 4 nitrogen and oxygen atoms in total. The van der Waals surface area contributed by atoms with Crippen LogP contribution in [0.1, 0.15) is 0 Å². The Kier molecular flexibility index (Phi) is 3.49. The Bertz CT molecular complexity index is 104. The van der Waals surface area contributed by atoms with Crippen molar-refractivity contribution in [2.75, 3.05) is 13.7 Å². The predicted octanol–water partition coefficient (Wildman–Crippen LogP) is -1.39. The average molecular weight is 132 g/mol. The first-order valence-electron chi connectivity index (χ1n) is 2.64. The third-order valence-corrected chi connectivity index (χ3v) is 0.870. The van der Waals surface area contributed by atoms with Gasteiger partial charge in [0.15, 0.2) is 0 Å². The fourth-order valence-electron chi connectivity index (χ4n) is 0.334.